The van der Waals surface area contributed by atoms with E-state index >= 15 is 0 Å². The third-order valence-corrected chi connectivity index (χ3v) is 9.97. The van der Waals surface area contributed by atoms with Gasteiger partial charge in [0.25, 0.3) is 10.0 Å². The predicted molar refractivity (Wildman–Crippen MR) is 172 cm³/mol. The van der Waals surface area contributed by atoms with Gasteiger partial charge in [-0.05, 0) is 87.7 Å². The standard InChI is InChI=1S/C33H40BrN3O5S/c1-4-42-30-17-19-31(20-18-30)43(40,41)37(29-15-13-24(2)14-16-29)23-32(38)36(22-26-9-8-10-27(34)21-26)25(3)33(39)35-28-11-6-5-7-12-28/h8-10,13-21,25,28H,4-7,11-12,22-23H2,1-3H3,(H,35,39). The number of carbonyl (C=O) groups is 2. The summed E-state index contributed by atoms with van der Waals surface area (Å²) in [6.45, 7) is 5.58. The molecule has 1 aliphatic carbocycles. The van der Waals surface area contributed by atoms with E-state index in [2.05, 4.69) is 21.2 Å². The lowest BCUT2D eigenvalue weighted by atomic mass is 9.95. The number of carbonyl (C=O) groups excluding carboxylic acids is 2. The van der Waals surface area contributed by atoms with E-state index in [0.717, 1.165) is 52.0 Å². The molecule has 0 spiro atoms. The third-order valence-electron chi connectivity index (χ3n) is 7.68. The molecule has 10 heteroatoms. The van der Waals surface area contributed by atoms with Crippen molar-refractivity contribution in [2.24, 2.45) is 0 Å². The topological polar surface area (TPSA) is 96.0 Å². The number of aryl methyl sites for hydroxylation is 1. The molecule has 3 aromatic carbocycles. The number of nitrogens with one attached hydrogen (secondary N) is 1. The zero-order valence-corrected chi connectivity index (χ0v) is 27.4. The maximum atomic E-state index is 14.1. The summed E-state index contributed by atoms with van der Waals surface area (Å²) in [5.41, 5.74) is 2.13. The first-order chi connectivity index (χ1) is 20.6. The fraction of sp³-hybridized carbons (Fsp3) is 0.394. The Hall–Kier alpha value is -3.37. The molecule has 1 fully saturated rings. The number of hydrogen-bond donors (Lipinski definition) is 1. The maximum Gasteiger partial charge on any atom is 0.264 e. The molecule has 0 aliphatic heterocycles. The molecule has 1 aliphatic rings. The van der Waals surface area contributed by atoms with Crippen LogP contribution in [0.3, 0.4) is 0 Å². The molecule has 1 atom stereocenters. The Morgan fingerprint density at radius 3 is 2.30 bits per heavy atom. The van der Waals surface area contributed by atoms with Gasteiger partial charge in [0.1, 0.15) is 18.3 Å². The molecule has 4 rings (SSSR count). The second-order valence-corrected chi connectivity index (χ2v) is 13.7. The Balaban J connectivity index is 1.67. The lowest BCUT2D eigenvalue weighted by Crippen LogP contribution is -2.53. The first-order valence-electron chi connectivity index (χ1n) is 14.7. The van der Waals surface area contributed by atoms with Gasteiger partial charge in [0.05, 0.1) is 17.2 Å². The zero-order chi connectivity index (χ0) is 31.0. The summed E-state index contributed by atoms with van der Waals surface area (Å²) in [7, 11) is -4.15. The second-order valence-electron chi connectivity index (χ2n) is 10.9. The molecule has 3 aromatic rings. The minimum atomic E-state index is -4.15. The van der Waals surface area contributed by atoms with Crippen molar-refractivity contribution >= 4 is 43.5 Å². The van der Waals surface area contributed by atoms with Crippen LogP contribution in [-0.4, -0.2) is 50.4 Å². The lowest BCUT2D eigenvalue weighted by Gasteiger charge is -2.33. The van der Waals surface area contributed by atoms with Crippen molar-refractivity contribution in [3.63, 3.8) is 0 Å². The summed E-state index contributed by atoms with van der Waals surface area (Å²) >= 11 is 3.49. The van der Waals surface area contributed by atoms with Crippen LogP contribution >= 0.6 is 15.9 Å². The number of sulfonamides is 1. The molecule has 2 amide bonds. The van der Waals surface area contributed by atoms with Gasteiger partial charge < -0.3 is 15.0 Å². The highest BCUT2D eigenvalue weighted by atomic mass is 79.9. The van der Waals surface area contributed by atoms with Gasteiger partial charge in [-0.25, -0.2) is 8.42 Å². The first kappa shape index (κ1) is 32.5. The van der Waals surface area contributed by atoms with E-state index in [9.17, 15) is 18.0 Å². The third kappa shape index (κ3) is 8.60. The smallest absolute Gasteiger partial charge is 0.264 e. The zero-order valence-electron chi connectivity index (χ0n) is 25.0. The van der Waals surface area contributed by atoms with Gasteiger partial charge in [-0.3, -0.25) is 13.9 Å². The van der Waals surface area contributed by atoms with Crippen LogP contribution < -0.4 is 14.4 Å². The van der Waals surface area contributed by atoms with E-state index in [-0.39, 0.29) is 23.4 Å². The van der Waals surface area contributed by atoms with Crippen LogP contribution in [0, 0.1) is 6.92 Å². The van der Waals surface area contributed by atoms with Crippen molar-refractivity contribution < 1.29 is 22.7 Å². The molecular formula is C33H40BrN3O5S. The van der Waals surface area contributed by atoms with Crippen molar-refractivity contribution in [1.82, 2.24) is 10.2 Å². The minimum absolute atomic E-state index is 0.0333. The highest BCUT2D eigenvalue weighted by molar-refractivity contribution is 9.10. The monoisotopic (exact) mass is 669 g/mol. The number of halogens is 1. The number of anilines is 1. The highest BCUT2D eigenvalue weighted by Gasteiger charge is 2.33. The highest BCUT2D eigenvalue weighted by Crippen LogP contribution is 2.27. The lowest BCUT2D eigenvalue weighted by molar-refractivity contribution is -0.139. The SMILES string of the molecule is CCOc1ccc(S(=O)(=O)N(CC(=O)N(Cc2cccc(Br)c2)C(C)C(=O)NC2CCCCC2)c2ccc(C)cc2)cc1. The number of amides is 2. The Morgan fingerprint density at radius 1 is 1.00 bits per heavy atom. The summed E-state index contributed by atoms with van der Waals surface area (Å²) in [5, 5.41) is 3.13. The minimum Gasteiger partial charge on any atom is -0.494 e. The maximum absolute atomic E-state index is 14.1. The molecular weight excluding hydrogens is 630 g/mol. The predicted octanol–water partition coefficient (Wildman–Crippen LogP) is 6.22. The van der Waals surface area contributed by atoms with Gasteiger partial charge in [-0.1, -0.05) is 65.0 Å². The molecule has 0 bridgehead atoms. The van der Waals surface area contributed by atoms with Crippen LogP contribution in [0.25, 0.3) is 0 Å². The van der Waals surface area contributed by atoms with Crippen molar-refractivity contribution in [2.45, 2.75) is 76.4 Å². The van der Waals surface area contributed by atoms with Crippen LogP contribution in [0.4, 0.5) is 5.69 Å². The van der Waals surface area contributed by atoms with Crippen molar-refractivity contribution in [1.29, 1.82) is 0 Å². The largest absolute Gasteiger partial charge is 0.494 e. The molecule has 1 saturated carbocycles. The Kier molecular flexibility index (Phi) is 11.3. The first-order valence-corrected chi connectivity index (χ1v) is 17.0. The normalized spacial score (nSPS) is 14.5. The average molecular weight is 671 g/mol. The van der Waals surface area contributed by atoms with E-state index in [1.54, 1.807) is 43.3 Å². The van der Waals surface area contributed by atoms with Crippen LogP contribution in [-0.2, 0) is 26.2 Å². The van der Waals surface area contributed by atoms with E-state index in [4.69, 9.17) is 4.74 Å². The Labute approximate surface area is 263 Å². The number of hydrogen-bond acceptors (Lipinski definition) is 5. The fourth-order valence-electron chi connectivity index (χ4n) is 5.22. The number of nitrogens with zero attached hydrogens (tertiary/aromatic N) is 2. The molecule has 0 heterocycles. The summed E-state index contributed by atoms with van der Waals surface area (Å²) < 4.78 is 35.5. The van der Waals surface area contributed by atoms with Gasteiger partial charge in [-0.2, -0.15) is 0 Å². The molecule has 0 aromatic heterocycles. The molecule has 0 saturated heterocycles. The van der Waals surface area contributed by atoms with Gasteiger partial charge >= 0.3 is 0 Å². The Morgan fingerprint density at radius 2 is 1.67 bits per heavy atom. The van der Waals surface area contributed by atoms with Crippen molar-refractivity contribution in [2.75, 3.05) is 17.5 Å². The van der Waals surface area contributed by atoms with Gasteiger partial charge in [0.2, 0.25) is 11.8 Å². The van der Waals surface area contributed by atoms with Crippen LogP contribution in [0.5, 0.6) is 5.75 Å². The Bertz CT molecular complexity index is 1490. The number of benzene rings is 3. The van der Waals surface area contributed by atoms with Gasteiger partial charge in [0, 0.05) is 17.1 Å². The van der Waals surface area contributed by atoms with E-state index in [1.807, 2.05) is 38.1 Å². The molecule has 0 radical (unpaired) electrons. The molecule has 1 N–H and O–H groups in total. The van der Waals surface area contributed by atoms with E-state index < -0.39 is 28.5 Å². The van der Waals surface area contributed by atoms with E-state index in [0.29, 0.717) is 18.0 Å². The molecule has 1 unspecified atom stereocenters. The van der Waals surface area contributed by atoms with Crippen molar-refractivity contribution in [3.8, 4) is 5.75 Å². The summed E-state index contributed by atoms with van der Waals surface area (Å²) in [4.78, 5) is 29.1. The summed E-state index contributed by atoms with van der Waals surface area (Å²) in [5.74, 6) is -0.176. The molecule has 43 heavy (non-hydrogen) atoms. The molecule has 8 nitrogen and oxygen atoms in total. The van der Waals surface area contributed by atoms with Crippen LogP contribution in [0.1, 0.15) is 57.1 Å². The van der Waals surface area contributed by atoms with Crippen LogP contribution in [0.2, 0.25) is 0 Å². The van der Waals surface area contributed by atoms with Crippen molar-refractivity contribution in [3.05, 3.63) is 88.4 Å². The average Bonchev–Trinajstić information content (AvgIpc) is 2.99. The fourth-order valence-corrected chi connectivity index (χ4v) is 7.09. The quantitative estimate of drug-likeness (QED) is 0.247. The number of rotatable bonds is 12. The second kappa shape index (κ2) is 14.9. The summed E-state index contributed by atoms with van der Waals surface area (Å²) in [6.07, 6.45) is 5.12. The summed E-state index contributed by atoms with van der Waals surface area (Å²) in [6, 6.07) is 19.9. The van der Waals surface area contributed by atoms with E-state index in [1.165, 1.54) is 17.0 Å². The van der Waals surface area contributed by atoms with Crippen LogP contribution in [0.15, 0.2) is 82.2 Å². The van der Waals surface area contributed by atoms with Gasteiger partial charge in [-0.15, -0.1) is 0 Å². The number of ether oxygens (including phenoxy) is 1. The van der Waals surface area contributed by atoms with Gasteiger partial charge in [0.15, 0.2) is 0 Å². The molecule has 230 valence electrons.